The Morgan fingerprint density at radius 2 is 2.06 bits per heavy atom. The molecule has 106 valence electrons. The maximum Gasteiger partial charge on any atom is 0.0334 e. The maximum absolute atomic E-state index is 3.79. The summed E-state index contributed by atoms with van der Waals surface area (Å²) in [7, 11) is 0. The molecule has 2 fully saturated rings. The van der Waals surface area contributed by atoms with Gasteiger partial charge in [0.05, 0.1) is 0 Å². The Hall–Kier alpha value is 0.270. The monoisotopic (exact) mass is 270 g/mol. The zero-order chi connectivity index (χ0) is 12.8. The molecule has 1 unspecified atom stereocenters. The Morgan fingerprint density at radius 1 is 1.28 bits per heavy atom. The average molecular weight is 270 g/mol. The smallest absolute Gasteiger partial charge is 0.0334 e. The minimum absolute atomic E-state index is 0.530. The Bertz CT molecular complexity index is 239. The summed E-state index contributed by atoms with van der Waals surface area (Å²) >= 11 is 2.09. The van der Waals surface area contributed by atoms with Crippen LogP contribution in [-0.4, -0.2) is 47.6 Å². The van der Waals surface area contributed by atoms with Crippen molar-refractivity contribution in [1.82, 2.24) is 10.2 Å². The van der Waals surface area contributed by atoms with Crippen LogP contribution in [0.1, 0.15) is 52.4 Å². The molecule has 0 radical (unpaired) electrons. The number of thioether (sulfide) groups is 1. The molecule has 1 atom stereocenters. The first kappa shape index (κ1) is 14.7. The van der Waals surface area contributed by atoms with Gasteiger partial charge in [0.1, 0.15) is 0 Å². The lowest BCUT2D eigenvalue weighted by Crippen LogP contribution is -2.63. The van der Waals surface area contributed by atoms with E-state index in [4.69, 9.17) is 0 Å². The number of nitrogens with one attached hydrogen (secondary N) is 1. The first-order valence-electron chi connectivity index (χ1n) is 7.87. The van der Waals surface area contributed by atoms with Crippen LogP contribution in [-0.2, 0) is 0 Å². The molecule has 1 aliphatic carbocycles. The van der Waals surface area contributed by atoms with E-state index in [1.807, 2.05) is 0 Å². The average Bonchev–Trinajstić information content (AvgIpc) is 2.86. The molecule has 1 N–H and O–H groups in total. The molecule has 0 aromatic heterocycles. The van der Waals surface area contributed by atoms with E-state index >= 15 is 0 Å². The van der Waals surface area contributed by atoms with Crippen molar-refractivity contribution in [1.29, 1.82) is 0 Å². The minimum atomic E-state index is 0.530. The van der Waals surface area contributed by atoms with Crippen LogP contribution in [0, 0.1) is 0 Å². The third-order valence-electron chi connectivity index (χ3n) is 4.78. The molecular formula is C15H30N2S. The van der Waals surface area contributed by atoms with E-state index < -0.39 is 0 Å². The van der Waals surface area contributed by atoms with Crippen LogP contribution in [0.2, 0.25) is 0 Å². The molecule has 0 bridgehead atoms. The largest absolute Gasteiger partial charge is 0.311 e. The van der Waals surface area contributed by atoms with Crippen LogP contribution in [0.25, 0.3) is 0 Å². The quantitative estimate of drug-likeness (QED) is 0.747. The first-order chi connectivity index (χ1) is 8.80. The zero-order valence-electron chi connectivity index (χ0n) is 12.2. The molecule has 2 nitrogen and oxygen atoms in total. The maximum atomic E-state index is 3.79. The standard InChI is InChI=1S/C15H30N2S/c1-3-14-12-17(10-7-11-18-4-2)15(13-16-14)8-5-6-9-15/h14,16H,3-13H2,1-2H3. The lowest BCUT2D eigenvalue weighted by atomic mass is 9.90. The second kappa shape index (κ2) is 7.16. The van der Waals surface area contributed by atoms with E-state index in [1.54, 1.807) is 0 Å². The van der Waals surface area contributed by atoms with Crippen molar-refractivity contribution < 1.29 is 0 Å². The number of rotatable bonds is 6. The van der Waals surface area contributed by atoms with Gasteiger partial charge in [0, 0.05) is 24.7 Å². The second-order valence-corrected chi connectivity index (χ2v) is 7.31. The Labute approximate surface area is 117 Å². The van der Waals surface area contributed by atoms with Crippen molar-refractivity contribution in [3.8, 4) is 0 Å². The van der Waals surface area contributed by atoms with Crippen molar-refractivity contribution in [2.45, 2.75) is 64.0 Å². The Morgan fingerprint density at radius 3 is 2.72 bits per heavy atom. The second-order valence-electron chi connectivity index (χ2n) is 5.91. The minimum Gasteiger partial charge on any atom is -0.311 e. The third-order valence-corrected chi connectivity index (χ3v) is 5.76. The van der Waals surface area contributed by atoms with Gasteiger partial charge in [-0.05, 0) is 43.7 Å². The van der Waals surface area contributed by atoms with Gasteiger partial charge < -0.3 is 5.32 Å². The van der Waals surface area contributed by atoms with Gasteiger partial charge in [-0.2, -0.15) is 11.8 Å². The summed E-state index contributed by atoms with van der Waals surface area (Å²) in [6, 6.07) is 0.732. The SMILES string of the molecule is CCSCCCN1CC(CC)NCC12CCCC2. The summed E-state index contributed by atoms with van der Waals surface area (Å²) in [6.07, 6.45) is 8.39. The van der Waals surface area contributed by atoms with E-state index in [0.717, 1.165) is 6.04 Å². The number of nitrogens with zero attached hydrogens (tertiary/aromatic N) is 1. The fourth-order valence-electron chi connectivity index (χ4n) is 3.60. The van der Waals surface area contributed by atoms with Crippen molar-refractivity contribution in [3.63, 3.8) is 0 Å². The summed E-state index contributed by atoms with van der Waals surface area (Å²) in [5, 5.41) is 3.79. The molecule has 2 aliphatic rings. The molecule has 3 heteroatoms. The number of piperazine rings is 1. The van der Waals surface area contributed by atoms with E-state index in [2.05, 4.69) is 35.8 Å². The van der Waals surface area contributed by atoms with Crippen molar-refractivity contribution in [2.24, 2.45) is 0 Å². The van der Waals surface area contributed by atoms with E-state index in [1.165, 1.54) is 69.7 Å². The van der Waals surface area contributed by atoms with Gasteiger partial charge in [-0.15, -0.1) is 0 Å². The molecule has 1 aliphatic heterocycles. The summed E-state index contributed by atoms with van der Waals surface area (Å²) in [4.78, 5) is 2.85. The molecule has 0 aromatic carbocycles. The van der Waals surface area contributed by atoms with Gasteiger partial charge in [-0.25, -0.2) is 0 Å². The molecule has 1 saturated carbocycles. The molecule has 1 heterocycles. The van der Waals surface area contributed by atoms with Gasteiger partial charge in [-0.1, -0.05) is 26.7 Å². The van der Waals surface area contributed by atoms with Gasteiger partial charge in [0.25, 0.3) is 0 Å². The highest BCUT2D eigenvalue weighted by Crippen LogP contribution is 2.37. The van der Waals surface area contributed by atoms with Crippen molar-refractivity contribution in [2.75, 3.05) is 31.1 Å². The number of hydrogen-bond acceptors (Lipinski definition) is 3. The molecule has 0 aromatic rings. The van der Waals surface area contributed by atoms with E-state index in [0.29, 0.717) is 5.54 Å². The topological polar surface area (TPSA) is 15.3 Å². The Balaban J connectivity index is 1.87. The van der Waals surface area contributed by atoms with Crippen LogP contribution >= 0.6 is 11.8 Å². The lowest BCUT2D eigenvalue weighted by Gasteiger charge is -2.48. The summed E-state index contributed by atoms with van der Waals surface area (Å²) in [6.45, 7) is 8.43. The van der Waals surface area contributed by atoms with Crippen LogP contribution in [0.5, 0.6) is 0 Å². The van der Waals surface area contributed by atoms with Gasteiger partial charge in [0.2, 0.25) is 0 Å². The van der Waals surface area contributed by atoms with Crippen LogP contribution in [0.4, 0.5) is 0 Å². The molecule has 18 heavy (non-hydrogen) atoms. The van der Waals surface area contributed by atoms with Crippen molar-refractivity contribution in [3.05, 3.63) is 0 Å². The molecule has 1 saturated heterocycles. The molecule has 0 amide bonds. The molecule has 1 spiro atoms. The summed E-state index contributed by atoms with van der Waals surface area (Å²) in [5.41, 5.74) is 0.530. The van der Waals surface area contributed by atoms with Gasteiger partial charge >= 0.3 is 0 Å². The van der Waals surface area contributed by atoms with Crippen molar-refractivity contribution >= 4 is 11.8 Å². The summed E-state index contributed by atoms with van der Waals surface area (Å²) in [5.74, 6) is 2.61. The highest BCUT2D eigenvalue weighted by atomic mass is 32.2. The van der Waals surface area contributed by atoms with Gasteiger partial charge in [-0.3, -0.25) is 4.90 Å². The normalized spacial score (nSPS) is 28.0. The summed E-state index contributed by atoms with van der Waals surface area (Å²) < 4.78 is 0. The van der Waals surface area contributed by atoms with E-state index in [9.17, 15) is 0 Å². The first-order valence-corrected chi connectivity index (χ1v) is 9.02. The highest BCUT2D eigenvalue weighted by Gasteiger charge is 2.42. The fourth-order valence-corrected chi connectivity index (χ4v) is 4.22. The highest BCUT2D eigenvalue weighted by molar-refractivity contribution is 7.99. The number of hydrogen-bond donors (Lipinski definition) is 1. The Kier molecular flexibility index (Phi) is 5.84. The molecule has 2 rings (SSSR count). The van der Waals surface area contributed by atoms with Crippen LogP contribution in [0.3, 0.4) is 0 Å². The third kappa shape index (κ3) is 3.43. The fraction of sp³-hybridized carbons (Fsp3) is 1.00. The van der Waals surface area contributed by atoms with Crippen LogP contribution in [0.15, 0.2) is 0 Å². The van der Waals surface area contributed by atoms with Gasteiger partial charge in [0.15, 0.2) is 0 Å². The predicted molar refractivity (Wildman–Crippen MR) is 82.5 cm³/mol. The zero-order valence-corrected chi connectivity index (χ0v) is 13.0. The molecular weight excluding hydrogens is 240 g/mol. The van der Waals surface area contributed by atoms with Crippen LogP contribution < -0.4 is 5.32 Å². The lowest BCUT2D eigenvalue weighted by molar-refractivity contribution is 0.0426. The van der Waals surface area contributed by atoms with E-state index in [-0.39, 0.29) is 0 Å². The predicted octanol–water partition coefficient (Wildman–Crippen LogP) is 3.13.